The van der Waals surface area contributed by atoms with E-state index in [9.17, 15) is 5.11 Å². The van der Waals surface area contributed by atoms with Gasteiger partial charge >= 0.3 is 0 Å². The van der Waals surface area contributed by atoms with E-state index in [-0.39, 0.29) is 12.0 Å². The van der Waals surface area contributed by atoms with Crippen molar-refractivity contribution in [2.75, 3.05) is 33.5 Å². The summed E-state index contributed by atoms with van der Waals surface area (Å²) in [5, 5.41) is 9.32. The van der Waals surface area contributed by atoms with Gasteiger partial charge in [-0.15, -0.1) is 0 Å². The lowest BCUT2D eigenvalue weighted by Crippen LogP contribution is -2.26. The van der Waals surface area contributed by atoms with Gasteiger partial charge in [0, 0.05) is 20.3 Å². The first kappa shape index (κ1) is 12.0. The minimum Gasteiger partial charge on any atom is -0.396 e. The van der Waals surface area contributed by atoms with Crippen LogP contribution in [0.5, 0.6) is 0 Å². The molecule has 0 aromatic heterocycles. The number of ether oxygens (including phenoxy) is 2. The zero-order valence-corrected chi connectivity index (χ0v) is 9.29. The Morgan fingerprint density at radius 2 is 2.00 bits per heavy atom. The van der Waals surface area contributed by atoms with Gasteiger partial charge in [-0.25, -0.2) is 0 Å². The van der Waals surface area contributed by atoms with Crippen LogP contribution in [-0.4, -0.2) is 38.6 Å². The maximum Gasteiger partial charge on any atom is 0.0700 e. The van der Waals surface area contributed by atoms with Crippen LogP contribution in [0.2, 0.25) is 0 Å². The fraction of sp³-hybridized carbons (Fsp3) is 1.00. The largest absolute Gasteiger partial charge is 0.396 e. The molecule has 1 aliphatic carbocycles. The molecule has 3 heteroatoms. The third-order valence-corrected chi connectivity index (χ3v) is 3.17. The van der Waals surface area contributed by atoms with Gasteiger partial charge in [-0.2, -0.15) is 0 Å². The van der Waals surface area contributed by atoms with Crippen LogP contribution in [0.25, 0.3) is 0 Å². The van der Waals surface area contributed by atoms with Gasteiger partial charge < -0.3 is 14.6 Å². The molecule has 1 unspecified atom stereocenters. The van der Waals surface area contributed by atoms with Gasteiger partial charge in [-0.3, -0.25) is 0 Å². The Kier molecular flexibility index (Phi) is 4.85. The van der Waals surface area contributed by atoms with Gasteiger partial charge in [-0.1, -0.05) is 6.92 Å². The van der Waals surface area contributed by atoms with Crippen molar-refractivity contribution in [3.63, 3.8) is 0 Å². The SMILES string of the molecule is COCCOCCC(C)(CO)C1CC1. The minimum absolute atomic E-state index is 0.0903. The predicted molar refractivity (Wildman–Crippen MR) is 55.2 cm³/mol. The lowest BCUT2D eigenvalue weighted by molar-refractivity contribution is 0.0318. The van der Waals surface area contributed by atoms with Gasteiger partial charge in [0.05, 0.1) is 13.2 Å². The lowest BCUT2D eigenvalue weighted by Gasteiger charge is -2.26. The van der Waals surface area contributed by atoms with Crippen molar-refractivity contribution in [1.82, 2.24) is 0 Å². The molecule has 0 aromatic rings. The Labute approximate surface area is 86.4 Å². The molecule has 14 heavy (non-hydrogen) atoms. The smallest absolute Gasteiger partial charge is 0.0700 e. The number of aliphatic hydroxyl groups is 1. The first-order valence-electron chi connectivity index (χ1n) is 5.40. The summed E-state index contributed by atoms with van der Waals surface area (Å²) in [6, 6.07) is 0. The fourth-order valence-corrected chi connectivity index (χ4v) is 1.74. The molecular formula is C11H22O3. The Hall–Kier alpha value is -0.120. The number of aliphatic hydroxyl groups excluding tert-OH is 1. The average molecular weight is 202 g/mol. The van der Waals surface area contributed by atoms with Gasteiger partial charge in [0.1, 0.15) is 0 Å². The second-order valence-electron chi connectivity index (χ2n) is 4.44. The molecular weight excluding hydrogens is 180 g/mol. The summed E-state index contributed by atoms with van der Waals surface area (Å²) in [6.07, 6.45) is 3.50. The minimum atomic E-state index is 0.0903. The normalized spacial score (nSPS) is 20.8. The molecule has 1 saturated carbocycles. The van der Waals surface area contributed by atoms with Crippen LogP contribution < -0.4 is 0 Å². The zero-order chi connectivity index (χ0) is 10.4. The summed E-state index contributed by atoms with van der Waals surface area (Å²) < 4.78 is 10.3. The zero-order valence-electron chi connectivity index (χ0n) is 9.29. The molecule has 1 atom stereocenters. The van der Waals surface area contributed by atoms with Crippen molar-refractivity contribution in [1.29, 1.82) is 0 Å². The summed E-state index contributed by atoms with van der Waals surface area (Å²) >= 11 is 0. The van der Waals surface area contributed by atoms with E-state index >= 15 is 0 Å². The summed E-state index contributed by atoms with van der Waals surface area (Å²) in [5.41, 5.74) is 0.0903. The van der Waals surface area contributed by atoms with Crippen molar-refractivity contribution in [3.8, 4) is 0 Å². The molecule has 3 nitrogen and oxygen atoms in total. The molecule has 0 heterocycles. The van der Waals surface area contributed by atoms with Gasteiger partial charge in [0.15, 0.2) is 0 Å². The molecule has 1 fully saturated rings. The standard InChI is InChI=1S/C11H22O3/c1-11(9-12,10-3-4-10)5-6-14-8-7-13-2/h10,12H,3-9H2,1-2H3. The molecule has 0 amide bonds. The maximum absolute atomic E-state index is 9.32. The van der Waals surface area contributed by atoms with E-state index in [0.29, 0.717) is 13.2 Å². The molecule has 0 aromatic carbocycles. The Bertz CT molecular complexity index is 157. The number of rotatable bonds is 8. The molecule has 1 N–H and O–H groups in total. The van der Waals surface area contributed by atoms with E-state index in [2.05, 4.69) is 6.92 Å². The van der Waals surface area contributed by atoms with Crippen LogP contribution in [0.4, 0.5) is 0 Å². The van der Waals surface area contributed by atoms with Crippen molar-refractivity contribution in [2.24, 2.45) is 11.3 Å². The van der Waals surface area contributed by atoms with Crippen LogP contribution in [0.15, 0.2) is 0 Å². The quantitative estimate of drug-likeness (QED) is 0.605. The number of hydrogen-bond donors (Lipinski definition) is 1. The monoisotopic (exact) mass is 202 g/mol. The van der Waals surface area contributed by atoms with Crippen LogP contribution in [0.3, 0.4) is 0 Å². The molecule has 84 valence electrons. The molecule has 0 aliphatic heterocycles. The highest BCUT2D eigenvalue weighted by molar-refractivity contribution is 4.90. The highest BCUT2D eigenvalue weighted by Crippen LogP contribution is 2.47. The van der Waals surface area contributed by atoms with Gasteiger partial charge in [0.2, 0.25) is 0 Å². The predicted octanol–water partition coefficient (Wildman–Crippen LogP) is 1.45. The second-order valence-corrected chi connectivity index (χ2v) is 4.44. The number of methoxy groups -OCH3 is 1. The van der Waals surface area contributed by atoms with Crippen LogP contribution in [0, 0.1) is 11.3 Å². The molecule has 1 aliphatic rings. The Balaban J connectivity index is 2.08. The van der Waals surface area contributed by atoms with E-state index in [1.807, 2.05) is 0 Å². The summed E-state index contributed by atoms with van der Waals surface area (Å²) in [4.78, 5) is 0. The van der Waals surface area contributed by atoms with E-state index < -0.39 is 0 Å². The average Bonchev–Trinajstić information content (AvgIpc) is 3.01. The van der Waals surface area contributed by atoms with Crippen molar-refractivity contribution in [2.45, 2.75) is 26.2 Å². The summed E-state index contributed by atoms with van der Waals surface area (Å²) in [7, 11) is 1.67. The van der Waals surface area contributed by atoms with Gasteiger partial charge in [0.25, 0.3) is 0 Å². The first-order chi connectivity index (χ1) is 6.73. The molecule has 0 radical (unpaired) electrons. The third kappa shape index (κ3) is 3.56. The summed E-state index contributed by atoms with van der Waals surface area (Å²) in [6.45, 7) is 4.48. The fourth-order valence-electron chi connectivity index (χ4n) is 1.74. The van der Waals surface area contributed by atoms with Crippen LogP contribution in [0.1, 0.15) is 26.2 Å². The molecule has 0 saturated heterocycles. The highest BCUT2D eigenvalue weighted by atomic mass is 16.5. The van der Waals surface area contributed by atoms with Crippen molar-refractivity contribution >= 4 is 0 Å². The second kappa shape index (κ2) is 5.69. The lowest BCUT2D eigenvalue weighted by atomic mass is 9.83. The first-order valence-corrected chi connectivity index (χ1v) is 5.40. The third-order valence-electron chi connectivity index (χ3n) is 3.17. The maximum atomic E-state index is 9.32. The topological polar surface area (TPSA) is 38.7 Å². The number of hydrogen-bond acceptors (Lipinski definition) is 3. The van der Waals surface area contributed by atoms with E-state index in [4.69, 9.17) is 9.47 Å². The van der Waals surface area contributed by atoms with Crippen LogP contribution >= 0.6 is 0 Å². The van der Waals surface area contributed by atoms with E-state index in [1.165, 1.54) is 12.8 Å². The van der Waals surface area contributed by atoms with Crippen LogP contribution in [-0.2, 0) is 9.47 Å². The Morgan fingerprint density at radius 3 is 2.50 bits per heavy atom. The molecule has 0 bridgehead atoms. The Morgan fingerprint density at radius 1 is 1.29 bits per heavy atom. The van der Waals surface area contributed by atoms with Crippen molar-refractivity contribution < 1.29 is 14.6 Å². The molecule has 1 rings (SSSR count). The van der Waals surface area contributed by atoms with Gasteiger partial charge in [-0.05, 0) is 30.6 Å². The van der Waals surface area contributed by atoms with E-state index in [0.717, 1.165) is 18.9 Å². The van der Waals surface area contributed by atoms with Crippen molar-refractivity contribution in [3.05, 3.63) is 0 Å². The highest BCUT2D eigenvalue weighted by Gasteiger charge is 2.40. The molecule has 0 spiro atoms. The van der Waals surface area contributed by atoms with E-state index in [1.54, 1.807) is 7.11 Å². The summed E-state index contributed by atoms with van der Waals surface area (Å²) in [5.74, 6) is 0.721.